The Kier molecular flexibility index (Phi) is 3.00. The summed E-state index contributed by atoms with van der Waals surface area (Å²) in [6, 6.07) is 0.462. The molecule has 0 aliphatic carbocycles. The molecule has 3 heteroatoms. The molecule has 0 amide bonds. The molecule has 0 aromatic carbocycles. The first-order chi connectivity index (χ1) is 5.24. The monoisotopic (exact) mass is 170 g/mol. The van der Waals surface area contributed by atoms with Gasteiger partial charge in [-0.15, -0.1) is 0 Å². The van der Waals surface area contributed by atoms with Crippen molar-refractivity contribution in [2.45, 2.75) is 26.3 Å². The van der Waals surface area contributed by atoms with E-state index in [0.29, 0.717) is 6.04 Å². The van der Waals surface area contributed by atoms with Crippen molar-refractivity contribution in [3.05, 3.63) is 18.0 Å². The molecule has 1 heterocycles. The van der Waals surface area contributed by atoms with E-state index in [1.54, 1.807) is 0 Å². The van der Waals surface area contributed by atoms with Gasteiger partial charge in [0.2, 0.25) is 0 Å². The van der Waals surface area contributed by atoms with Gasteiger partial charge in [0.1, 0.15) is 0 Å². The second kappa shape index (κ2) is 3.81. The molecular formula is C8H14N2S. The van der Waals surface area contributed by atoms with Crippen molar-refractivity contribution < 1.29 is 0 Å². The highest BCUT2D eigenvalue weighted by Gasteiger charge is 1.99. The Balaban J connectivity index is 2.66. The molecule has 0 saturated carbocycles. The second-order valence-electron chi connectivity index (χ2n) is 2.90. The maximum Gasteiger partial charge on any atom is 0.0522 e. The summed E-state index contributed by atoms with van der Waals surface area (Å²) >= 11 is 4.16. The molecule has 0 radical (unpaired) electrons. The zero-order valence-electron chi connectivity index (χ0n) is 6.99. The van der Waals surface area contributed by atoms with Crippen molar-refractivity contribution in [3.8, 4) is 0 Å². The minimum atomic E-state index is 0.462. The summed E-state index contributed by atoms with van der Waals surface area (Å²) in [5.74, 6) is 0.893. The molecule has 0 bridgehead atoms. The first kappa shape index (κ1) is 8.65. The quantitative estimate of drug-likeness (QED) is 0.686. The van der Waals surface area contributed by atoms with E-state index >= 15 is 0 Å². The highest BCUT2D eigenvalue weighted by atomic mass is 32.1. The minimum absolute atomic E-state index is 0.462. The molecular weight excluding hydrogens is 156 g/mol. The molecule has 2 nitrogen and oxygen atoms in total. The Bertz CT molecular complexity index is 218. The van der Waals surface area contributed by atoms with Crippen LogP contribution in [0.5, 0.6) is 0 Å². The summed E-state index contributed by atoms with van der Waals surface area (Å²) in [5.41, 5.74) is 1.27. The Hall–Kier alpha value is -0.440. The maximum atomic E-state index is 4.22. The summed E-state index contributed by atoms with van der Waals surface area (Å²) in [7, 11) is 0. The highest BCUT2D eigenvalue weighted by molar-refractivity contribution is 7.80. The zero-order chi connectivity index (χ0) is 8.27. The van der Waals surface area contributed by atoms with Gasteiger partial charge in [0.15, 0.2) is 0 Å². The lowest BCUT2D eigenvalue weighted by Gasteiger charge is -2.02. The molecule has 0 spiro atoms. The number of aromatic nitrogens is 2. The van der Waals surface area contributed by atoms with Crippen molar-refractivity contribution in [2.24, 2.45) is 0 Å². The fraction of sp³-hybridized carbons (Fsp3) is 0.625. The summed E-state index contributed by atoms with van der Waals surface area (Å²) < 4.78 is 1.97. The third-order valence-corrected chi connectivity index (χ3v) is 1.81. The molecule has 1 rings (SSSR count). The van der Waals surface area contributed by atoms with E-state index in [9.17, 15) is 0 Å². The van der Waals surface area contributed by atoms with E-state index in [-0.39, 0.29) is 0 Å². The molecule has 0 aliphatic rings. The van der Waals surface area contributed by atoms with E-state index in [1.807, 2.05) is 10.9 Å². The summed E-state index contributed by atoms with van der Waals surface area (Å²) in [6.07, 6.45) is 5.01. The molecule has 11 heavy (non-hydrogen) atoms. The Labute approximate surface area is 73.0 Å². The Morgan fingerprint density at radius 2 is 2.36 bits per heavy atom. The summed E-state index contributed by atoms with van der Waals surface area (Å²) in [4.78, 5) is 0. The lowest BCUT2D eigenvalue weighted by molar-refractivity contribution is 0.532. The van der Waals surface area contributed by atoms with Gasteiger partial charge in [-0.05, 0) is 31.6 Å². The normalized spacial score (nSPS) is 10.9. The van der Waals surface area contributed by atoms with Crippen molar-refractivity contribution in [2.75, 3.05) is 5.75 Å². The largest absolute Gasteiger partial charge is 0.270 e. The summed E-state index contributed by atoms with van der Waals surface area (Å²) in [6.45, 7) is 4.24. The highest BCUT2D eigenvalue weighted by Crippen LogP contribution is 2.05. The average Bonchev–Trinajstić information content (AvgIpc) is 2.37. The Morgan fingerprint density at radius 1 is 1.64 bits per heavy atom. The van der Waals surface area contributed by atoms with E-state index < -0.39 is 0 Å². The van der Waals surface area contributed by atoms with Crippen LogP contribution in [0.3, 0.4) is 0 Å². The predicted molar refractivity (Wildman–Crippen MR) is 50.2 cm³/mol. The molecule has 1 aromatic heterocycles. The van der Waals surface area contributed by atoms with Crippen molar-refractivity contribution in [3.63, 3.8) is 0 Å². The number of hydrogen-bond donors (Lipinski definition) is 1. The van der Waals surface area contributed by atoms with Gasteiger partial charge in [0.25, 0.3) is 0 Å². The van der Waals surface area contributed by atoms with Gasteiger partial charge in [-0.25, -0.2) is 0 Å². The SMILES string of the molecule is CC(C)n1cc(CCS)cn1. The predicted octanol–water partition coefficient (Wildman–Crippen LogP) is 1.94. The van der Waals surface area contributed by atoms with Crippen molar-refractivity contribution in [1.82, 2.24) is 9.78 Å². The standard InChI is InChI=1S/C8H14N2S/c1-7(2)10-6-8(3-4-11)5-9-10/h5-7,11H,3-4H2,1-2H3. The lowest BCUT2D eigenvalue weighted by atomic mass is 10.3. The van der Waals surface area contributed by atoms with Crippen LogP contribution < -0.4 is 0 Å². The molecule has 0 N–H and O–H groups in total. The smallest absolute Gasteiger partial charge is 0.0522 e. The fourth-order valence-corrected chi connectivity index (χ4v) is 1.18. The fourth-order valence-electron chi connectivity index (χ4n) is 0.918. The van der Waals surface area contributed by atoms with Crippen LogP contribution in [0.25, 0.3) is 0 Å². The van der Waals surface area contributed by atoms with E-state index in [0.717, 1.165) is 12.2 Å². The van der Waals surface area contributed by atoms with Crippen LogP contribution in [0.1, 0.15) is 25.5 Å². The lowest BCUT2D eigenvalue weighted by Crippen LogP contribution is -1.99. The first-order valence-corrected chi connectivity index (χ1v) is 4.51. The van der Waals surface area contributed by atoms with E-state index in [1.165, 1.54) is 5.56 Å². The van der Waals surface area contributed by atoms with Crippen LogP contribution in [0.2, 0.25) is 0 Å². The number of aryl methyl sites for hydroxylation is 1. The minimum Gasteiger partial charge on any atom is -0.270 e. The van der Waals surface area contributed by atoms with E-state index in [2.05, 4.69) is 37.8 Å². The van der Waals surface area contributed by atoms with Crippen LogP contribution in [-0.2, 0) is 6.42 Å². The number of hydrogen-bond acceptors (Lipinski definition) is 2. The van der Waals surface area contributed by atoms with Crippen LogP contribution in [0, 0.1) is 0 Å². The molecule has 1 aromatic rings. The first-order valence-electron chi connectivity index (χ1n) is 3.88. The second-order valence-corrected chi connectivity index (χ2v) is 3.34. The van der Waals surface area contributed by atoms with Gasteiger partial charge in [0.05, 0.1) is 6.20 Å². The van der Waals surface area contributed by atoms with Crippen LogP contribution in [-0.4, -0.2) is 15.5 Å². The van der Waals surface area contributed by atoms with Gasteiger partial charge in [-0.1, -0.05) is 0 Å². The molecule has 0 saturated heterocycles. The maximum absolute atomic E-state index is 4.22. The molecule has 0 fully saturated rings. The van der Waals surface area contributed by atoms with Gasteiger partial charge in [0, 0.05) is 12.2 Å². The van der Waals surface area contributed by atoms with Gasteiger partial charge >= 0.3 is 0 Å². The van der Waals surface area contributed by atoms with Crippen LogP contribution in [0.4, 0.5) is 0 Å². The third-order valence-electron chi connectivity index (χ3n) is 1.58. The van der Waals surface area contributed by atoms with Crippen molar-refractivity contribution in [1.29, 1.82) is 0 Å². The Morgan fingerprint density at radius 3 is 2.82 bits per heavy atom. The molecule has 0 aliphatic heterocycles. The topological polar surface area (TPSA) is 17.8 Å². The number of thiol groups is 1. The average molecular weight is 170 g/mol. The summed E-state index contributed by atoms with van der Waals surface area (Å²) in [5, 5.41) is 4.22. The third kappa shape index (κ3) is 2.26. The van der Waals surface area contributed by atoms with Gasteiger partial charge in [-0.2, -0.15) is 17.7 Å². The van der Waals surface area contributed by atoms with Crippen LogP contribution in [0.15, 0.2) is 12.4 Å². The molecule has 0 atom stereocenters. The molecule has 0 unspecified atom stereocenters. The van der Waals surface area contributed by atoms with Crippen molar-refractivity contribution >= 4 is 12.6 Å². The number of nitrogens with zero attached hydrogens (tertiary/aromatic N) is 2. The number of rotatable bonds is 3. The van der Waals surface area contributed by atoms with Gasteiger partial charge in [-0.3, -0.25) is 4.68 Å². The van der Waals surface area contributed by atoms with E-state index in [4.69, 9.17) is 0 Å². The zero-order valence-corrected chi connectivity index (χ0v) is 7.88. The molecule has 62 valence electrons. The van der Waals surface area contributed by atoms with Gasteiger partial charge < -0.3 is 0 Å². The van der Waals surface area contributed by atoms with Crippen LogP contribution >= 0.6 is 12.6 Å².